The van der Waals surface area contributed by atoms with Crippen molar-refractivity contribution < 1.29 is 9.84 Å². The third-order valence-corrected chi connectivity index (χ3v) is 4.11. The van der Waals surface area contributed by atoms with E-state index in [0.717, 1.165) is 48.4 Å². The Balaban J connectivity index is 2.04. The third-order valence-electron chi connectivity index (χ3n) is 4.11. The molecule has 1 fully saturated rings. The summed E-state index contributed by atoms with van der Waals surface area (Å²) in [5.41, 5.74) is 2.05. The maximum atomic E-state index is 9.90. The molecule has 1 atom stereocenters. The lowest BCUT2D eigenvalue weighted by atomic mass is 10.0. The fourth-order valence-corrected chi connectivity index (χ4v) is 2.97. The lowest BCUT2D eigenvalue weighted by molar-refractivity contribution is 0.111. The molecule has 0 amide bonds. The molecule has 5 heteroatoms. The van der Waals surface area contributed by atoms with Gasteiger partial charge in [-0.15, -0.1) is 0 Å². The van der Waals surface area contributed by atoms with E-state index in [1.807, 2.05) is 30.5 Å². The molecule has 1 aliphatic heterocycles. The normalized spacial score (nSPS) is 17.8. The highest BCUT2D eigenvalue weighted by Gasteiger charge is 2.23. The Bertz CT molecular complexity index is 611. The number of nitrogens with one attached hydrogen (secondary N) is 1. The number of nitrogens with zero attached hydrogens (tertiary/aromatic N) is 2. The van der Waals surface area contributed by atoms with Crippen molar-refractivity contribution in [3.05, 3.63) is 36.0 Å². The Morgan fingerprint density at radius 1 is 1.33 bits per heavy atom. The largest absolute Gasteiger partial charge is 0.497 e. The molecule has 1 saturated heterocycles. The number of benzene rings is 1. The van der Waals surface area contributed by atoms with Gasteiger partial charge in [-0.05, 0) is 29.8 Å². The van der Waals surface area contributed by atoms with Crippen LogP contribution in [0.4, 0.5) is 0 Å². The van der Waals surface area contributed by atoms with Gasteiger partial charge in [-0.1, -0.05) is 0 Å². The zero-order valence-electron chi connectivity index (χ0n) is 12.2. The zero-order chi connectivity index (χ0) is 14.7. The predicted octanol–water partition coefficient (Wildman–Crippen LogP) is 1.18. The van der Waals surface area contributed by atoms with Crippen LogP contribution in [0, 0.1) is 0 Å². The second-order valence-electron chi connectivity index (χ2n) is 5.27. The van der Waals surface area contributed by atoms with Gasteiger partial charge in [0.05, 0.1) is 25.3 Å². The SMILES string of the molecule is COc1ccc2nccc(C(CO)N3CCNCC3)c2c1. The molecule has 0 aliphatic carbocycles. The highest BCUT2D eigenvalue weighted by atomic mass is 16.5. The number of methoxy groups -OCH3 is 1. The van der Waals surface area contributed by atoms with Gasteiger partial charge in [0.25, 0.3) is 0 Å². The molecule has 21 heavy (non-hydrogen) atoms. The highest BCUT2D eigenvalue weighted by Crippen LogP contribution is 2.29. The Kier molecular flexibility index (Phi) is 4.34. The van der Waals surface area contributed by atoms with Crippen LogP contribution >= 0.6 is 0 Å². The van der Waals surface area contributed by atoms with Crippen LogP contribution in [0.3, 0.4) is 0 Å². The molecule has 2 N–H and O–H groups in total. The van der Waals surface area contributed by atoms with Gasteiger partial charge in [0, 0.05) is 37.8 Å². The summed E-state index contributed by atoms with van der Waals surface area (Å²) in [6, 6.07) is 7.89. The number of hydrogen-bond donors (Lipinski definition) is 2. The number of rotatable bonds is 4. The van der Waals surface area contributed by atoms with E-state index in [4.69, 9.17) is 4.74 Å². The van der Waals surface area contributed by atoms with Crippen LogP contribution in [-0.4, -0.2) is 54.9 Å². The average molecular weight is 287 g/mol. The summed E-state index contributed by atoms with van der Waals surface area (Å²) in [6.07, 6.45) is 1.81. The molecular formula is C16H21N3O2. The molecule has 0 bridgehead atoms. The van der Waals surface area contributed by atoms with E-state index in [9.17, 15) is 5.11 Å². The molecule has 0 saturated carbocycles. The van der Waals surface area contributed by atoms with E-state index in [-0.39, 0.29) is 12.6 Å². The Morgan fingerprint density at radius 3 is 2.86 bits per heavy atom. The summed E-state index contributed by atoms with van der Waals surface area (Å²) in [5, 5.41) is 14.3. The molecule has 3 rings (SSSR count). The van der Waals surface area contributed by atoms with Gasteiger partial charge in [-0.2, -0.15) is 0 Å². The first kappa shape index (κ1) is 14.3. The molecule has 1 aliphatic rings. The summed E-state index contributed by atoms with van der Waals surface area (Å²) in [7, 11) is 1.66. The van der Waals surface area contributed by atoms with Gasteiger partial charge in [-0.3, -0.25) is 9.88 Å². The van der Waals surface area contributed by atoms with Gasteiger partial charge in [0.2, 0.25) is 0 Å². The molecule has 2 aromatic rings. The van der Waals surface area contributed by atoms with Crippen molar-refractivity contribution in [2.75, 3.05) is 39.9 Å². The summed E-state index contributed by atoms with van der Waals surface area (Å²) >= 11 is 0. The van der Waals surface area contributed by atoms with Crippen molar-refractivity contribution >= 4 is 10.9 Å². The van der Waals surface area contributed by atoms with E-state index in [0.29, 0.717) is 0 Å². The minimum Gasteiger partial charge on any atom is -0.497 e. The van der Waals surface area contributed by atoms with Crippen LogP contribution in [0.1, 0.15) is 11.6 Å². The van der Waals surface area contributed by atoms with E-state index in [2.05, 4.69) is 15.2 Å². The molecule has 112 valence electrons. The standard InChI is InChI=1S/C16H21N3O2/c1-21-12-2-3-15-14(10-12)13(4-5-18-15)16(11-20)19-8-6-17-7-9-19/h2-5,10,16-17,20H,6-9,11H2,1H3. The molecule has 0 spiro atoms. The summed E-state index contributed by atoms with van der Waals surface area (Å²) in [6.45, 7) is 3.92. The first-order chi connectivity index (χ1) is 10.3. The Hall–Kier alpha value is -1.69. The Morgan fingerprint density at radius 2 is 2.14 bits per heavy atom. The second kappa shape index (κ2) is 6.39. The second-order valence-corrected chi connectivity index (χ2v) is 5.27. The number of hydrogen-bond acceptors (Lipinski definition) is 5. The summed E-state index contributed by atoms with van der Waals surface area (Å²) < 4.78 is 5.32. The quantitative estimate of drug-likeness (QED) is 0.884. The summed E-state index contributed by atoms with van der Waals surface area (Å²) in [4.78, 5) is 6.74. The van der Waals surface area contributed by atoms with Crippen LogP contribution in [0.2, 0.25) is 0 Å². The lowest BCUT2D eigenvalue weighted by Gasteiger charge is -2.34. The molecule has 2 heterocycles. The van der Waals surface area contributed by atoms with Crippen LogP contribution in [-0.2, 0) is 0 Å². The molecule has 1 unspecified atom stereocenters. The summed E-state index contributed by atoms with van der Waals surface area (Å²) in [5.74, 6) is 0.814. The van der Waals surface area contributed by atoms with Gasteiger partial charge < -0.3 is 15.2 Å². The molecule has 1 aromatic heterocycles. The van der Waals surface area contributed by atoms with Gasteiger partial charge in [0.15, 0.2) is 0 Å². The number of fused-ring (bicyclic) bond motifs is 1. The van der Waals surface area contributed by atoms with Crippen molar-refractivity contribution in [1.29, 1.82) is 0 Å². The van der Waals surface area contributed by atoms with Gasteiger partial charge in [-0.25, -0.2) is 0 Å². The highest BCUT2D eigenvalue weighted by molar-refractivity contribution is 5.84. The van der Waals surface area contributed by atoms with E-state index < -0.39 is 0 Å². The van der Waals surface area contributed by atoms with E-state index >= 15 is 0 Å². The van der Waals surface area contributed by atoms with Crippen molar-refractivity contribution in [1.82, 2.24) is 15.2 Å². The van der Waals surface area contributed by atoms with E-state index in [1.165, 1.54) is 0 Å². The lowest BCUT2D eigenvalue weighted by Crippen LogP contribution is -2.46. The zero-order valence-corrected chi connectivity index (χ0v) is 12.2. The maximum absolute atomic E-state index is 9.90. The monoisotopic (exact) mass is 287 g/mol. The Labute approximate surface area is 124 Å². The minimum atomic E-state index is 0.00436. The molecular weight excluding hydrogens is 266 g/mol. The molecule has 5 nitrogen and oxygen atoms in total. The predicted molar refractivity (Wildman–Crippen MR) is 82.6 cm³/mol. The molecule has 1 aromatic carbocycles. The number of aliphatic hydroxyl groups excluding tert-OH is 1. The van der Waals surface area contributed by atoms with Crippen LogP contribution < -0.4 is 10.1 Å². The molecule has 0 radical (unpaired) electrons. The van der Waals surface area contributed by atoms with Crippen LogP contribution in [0.5, 0.6) is 5.75 Å². The number of pyridine rings is 1. The number of ether oxygens (including phenoxy) is 1. The van der Waals surface area contributed by atoms with Crippen molar-refractivity contribution in [3.8, 4) is 5.75 Å². The van der Waals surface area contributed by atoms with Crippen LogP contribution in [0.15, 0.2) is 30.5 Å². The first-order valence-corrected chi connectivity index (χ1v) is 7.32. The maximum Gasteiger partial charge on any atom is 0.119 e. The van der Waals surface area contributed by atoms with E-state index in [1.54, 1.807) is 7.11 Å². The van der Waals surface area contributed by atoms with Gasteiger partial charge in [0.1, 0.15) is 5.75 Å². The average Bonchev–Trinajstić information content (AvgIpc) is 2.56. The minimum absolute atomic E-state index is 0.00436. The van der Waals surface area contributed by atoms with Crippen molar-refractivity contribution in [2.45, 2.75) is 6.04 Å². The third kappa shape index (κ3) is 2.85. The number of aromatic nitrogens is 1. The number of aliphatic hydroxyl groups is 1. The fraction of sp³-hybridized carbons (Fsp3) is 0.438. The van der Waals surface area contributed by atoms with Crippen LogP contribution in [0.25, 0.3) is 10.9 Å². The van der Waals surface area contributed by atoms with Gasteiger partial charge >= 0.3 is 0 Å². The van der Waals surface area contributed by atoms with Crippen molar-refractivity contribution in [3.63, 3.8) is 0 Å². The van der Waals surface area contributed by atoms with Crippen molar-refractivity contribution in [2.24, 2.45) is 0 Å². The topological polar surface area (TPSA) is 57.6 Å². The first-order valence-electron chi connectivity index (χ1n) is 7.32. The number of piperazine rings is 1. The smallest absolute Gasteiger partial charge is 0.119 e. The fourth-order valence-electron chi connectivity index (χ4n) is 2.97.